The van der Waals surface area contributed by atoms with Gasteiger partial charge >= 0.3 is 0 Å². The number of aliphatic imine (C=N–C) groups is 1. The Morgan fingerprint density at radius 3 is 1.62 bits per heavy atom. The second kappa shape index (κ2) is 6.38. The van der Waals surface area contributed by atoms with Crippen LogP contribution in [-0.2, 0) is 0 Å². The van der Waals surface area contributed by atoms with E-state index in [1.165, 1.54) is 0 Å². The molecule has 3 rings (SSSR count). The molecule has 0 aromatic heterocycles. The summed E-state index contributed by atoms with van der Waals surface area (Å²) in [5.74, 6) is 0. The Kier molecular flexibility index (Phi) is 4.13. The lowest BCUT2D eigenvalue weighted by molar-refractivity contribution is 1.47. The highest BCUT2D eigenvalue weighted by atomic mass is 35.5. The van der Waals surface area contributed by atoms with Crippen molar-refractivity contribution in [1.82, 2.24) is 0 Å². The molecule has 21 heavy (non-hydrogen) atoms. The van der Waals surface area contributed by atoms with Gasteiger partial charge in [0.15, 0.2) is 0 Å². The van der Waals surface area contributed by atoms with Gasteiger partial charge in [-0.15, -0.1) is 0 Å². The maximum Gasteiger partial charge on any atom is 0.0823 e. The van der Waals surface area contributed by atoms with Crippen molar-refractivity contribution in [3.63, 3.8) is 0 Å². The zero-order valence-corrected chi connectivity index (χ0v) is 12.2. The summed E-state index contributed by atoms with van der Waals surface area (Å²) >= 11 is 6.24. The summed E-state index contributed by atoms with van der Waals surface area (Å²) in [5.41, 5.74) is 3.85. The molecule has 0 amide bonds. The van der Waals surface area contributed by atoms with Gasteiger partial charge in [0.2, 0.25) is 0 Å². The van der Waals surface area contributed by atoms with Gasteiger partial charge in [0.1, 0.15) is 0 Å². The third-order valence-electron chi connectivity index (χ3n) is 3.18. The summed E-state index contributed by atoms with van der Waals surface area (Å²) in [6, 6.07) is 27.9. The highest BCUT2D eigenvalue weighted by Crippen LogP contribution is 2.26. The Bertz CT molecular complexity index is 707. The minimum absolute atomic E-state index is 0.655. The molecule has 0 aliphatic heterocycles. The largest absolute Gasteiger partial charge is 0.246 e. The van der Waals surface area contributed by atoms with E-state index in [0.717, 1.165) is 22.5 Å². The highest BCUT2D eigenvalue weighted by Gasteiger charge is 2.07. The van der Waals surface area contributed by atoms with Gasteiger partial charge in [0, 0.05) is 11.1 Å². The highest BCUT2D eigenvalue weighted by molar-refractivity contribution is 6.33. The van der Waals surface area contributed by atoms with Gasteiger partial charge in [-0.25, -0.2) is 4.99 Å². The van der Waals surface area contributed by atoms with Crippen LogP contribution >= 0.6 is 11.6 Å². The molecule has 1 nitrogen and oxygen atoms in total. The molecule has 0 bridgehead atoms. The number of rotatable bonds is 3. The number of hydrogen-bond acceptors (Lipinski definition) is 1. The Hall–Kier alpha value is -2.38. The van der Waals surface area contributed by atoms with E-state index in [1.807, 2.05) is 60.7 Å². The van der Waals surface area contributed by atoms with Crippen LogP contribution in [0.25, 0.3) is 0 Å². The second-order valence-corrected chi connectivity index (χ2v) is 5.05. The molecule has 2 heteroatoms. The molecule has 0 spiro atoms. The van der Waals surface area contributed by atoms with Crippen LogP contribution in [0.5, 0.6) is 0 Å². The van der Waals surface area contributed by atoms with Crippen molar-refractivity contribution in [2.24, 2.45) is 4.99 Å². The molecule has 0 saturated carbocycles. The van der Waals surface area contributed by atoms with Gasteiger partial charge < -0.3 is 0 Å². The molecule has 102 valence electrons. The maximum absolute atomic E-state index is 6.24. The van der Waals surface area contributed by atoms with E-state index >= 15 is 0 Å². The molecular weight excluding hydrogens is 278 g/mol. The number of halogens is 1. The molecule has 3 aromatic rings. The minimum Gasteiger partial charge on any atom is -0.246 e. The van der Waals surface area contributed by atoms with Gasteiger partial charge in [-0.1, -0.05) is 84.4 Å². The summed E-state index contributed by atoms with van der Waals surface area (Å²) < 4.78 is 0. The summed E-state index contributed by atoms with van der Waals surface area (Å²) in [6.45, 7) is 0. The van der Waals surface area contributed by atoms with Gasteiger partial charge in [-0.2, -0.15) is 0 Å². The van der Waals surface area contributed by atoms with Crippen LogP contribution in [0, 0.1) is 0 Å². The Morgan fingerprint density at radius 2 is 1.10 bits per heavy atom. The molecule has 0 saturated heterocycles. The zero-order chi connectivity index (χ0) is 14.5. The Labute approximate surface area is 129 Å². The van der Waals surface area contributed by atoms with E-state index in [1.54, 1.807) is 0 Å². The standard InChI is InChI=1S/C19H14ClN/c20-17-13-7-8-14-18(17)21-19(15-9-3-1-4-10-15)16-11-5-2-6-12-16/h1-14H. The van der Waals surface area contributed by atoms with E-state index < -0.39 is 0 Å². The first-order valence-corrected chi connectivity index (χ1v) is 7.16. The topological polar surface area (TPSA) is 12.4 Å². The fourth-order valence-electron chi connectivity index (χ4n) is 2.15. The van der Waals surface area contributed by atoms with Gasteiger partial charge in [-0.05, 0) is 12.1 Å². The summed E-state index contributed by atoms with van der Waals surface area (Å²) in [6.07, 6.45) is 0. The first kappa shape index (κ1) is 13.6. The monoisotopic (exact) mass is 291 g/mol. The quantitative estimate of drug-likeness (QED) is 0.564. The van der Waals surface area contributed by atoms with E-state index in [-0.39, 0.29) is 0 Å². The molecule has 3 aromatic carbocycles. The summed E-state index contributed by atoms with van der Waals surface area (Å²) in [7, 11) is 0. The fourth-order valence-corrected chi connectivity index (χ4v) is 2.33. The molecule has 0 radical (unpaired) electrons. The van der Waals surface area contributed by atoms with Crippen molar-refractivity contribution < 1.29 is 0 Å². The van der Waals surface area contributed by atoms with Crippen LogP contribution in [0.2, 0.25) is 5.02 Å². The normalized spacial score (nSPS) is 10.1. The van der Waals surface area contributed by atoms with Crippen molar-refractivity contribution in [2.45, 2.75) is 0 Å². The molecule has 0 aliphatic rings. The molecule has 0 unspecified atom stereocenters. The Balaban J connectivity index is 2.16. The van der Waals surface area contributed by atoms with Gasteiger partial charge in [-0.3, -0.25) is 0 Å². The smallest absolute Gasteiger partial charge is 0.0823 e. The molecule has 0 heterocycles. The average Bonchev–Trinajstić information content (AvgIpc) is 2.56. The lowest BCUT2D eigenvalue weighted by Gasteiger charge is -2.08. The fraction of sp³-hybridized carbons (Fsp3) is 0. The van der Waals surface area contributed by atoms with Crippen molar-refractivity contribution in [1.29, 1.82) is 0 Å². The first-order valence-electron chi connectivity index (χ1n) is 6.78. The van der Waals surface area contributed by atoms with Crippen LogP contribution in [0.15, 0.2) is 89.9 Å². The molecule has 0 aliphatic carbocycles. The summed E-state index contributed by atoms with van der Waals surface area (Å²) in [4.78, 5) is 4.78. The predicted octanol–water partition coefficient (Wildman–Crippen LogP) is 5.51. The van der Waals surface area contributed by atoms with Crippen LogP contribution in [-0.4, -0.2) is 5.71 Å². The van der Waals surface area contributed by atoms with Crippen LogP contribution < -0.4 is 0 Å². The van der Waals surface area contributed by atoms with E-state index in [0.29, 0.717) is 5.02 Å². The van der Waals surface area contributed by atoms with Crippen molar-refractivity contribution in [3.05, 3.63) is 101 Å². The average molecular weight is 292 g/mol. The number of para-hydroxylation sites is 1. The molecule has 0 fully saturated rings. The first-order chi connectivity index (χ1) is 10.3. The van der Waals surface area contributed by atoms with Crippen molar-refractivity contribution in [2.75, 3.05) is 0 Å². The lowest BCUT2D eigenvalue weighted by atomic mass is 10.0. The van der Waals surface area contributed by atoms with Crippen LogP contribution in [0.4, 0.5) is 5.69 Å². The Morgan fingerprint density at radius 1 is 0.619 bits per heavy atom. The SMILES string of the molecule is Clc1ccccc1N=C(c1ccccc1)c1ccccc1. The molecule has 0 atom stereocenters. The van der Waals surface area contributed by atoms with E-state index in [4.69, 9.17) is 16.6 Å². The second-order valence-electron chi connectivity index (χ2n) is 4.64. The molecular formula is C19H14ClN. The lowest BCUT2D eigenvalue weighted by Crippen LogP contribution is -2.02. The molecule has 0 N–H and O–H groups in total. The van der Waals surface area contributed by atoms with Crippen molar-refractivity contribution in [3.8, 4) is 0 Å². The minimum atomic E-state index is 0.655. The number of hydrogen-bond donors (Lipinski definition) is 0. The third kappa shape index (κ3) is 3.21. The van der Waals surface area contributed by atoms with Crippen LogP contribution in [0.3, 0.4) is 0 Å². The van der Waals surface area contributed by atoms with E-state index in [9.17, 15) is 0 Å². The van der Waals surface area contributed by atoms with Crippen molar-refractivity contribution >= 4 is 23.0 Å². The number of benzene rings is 3. The number of nitrogens with zero attached hydrogens (tertiary/aromatic N) is 1. The van der Waals surface area contributed by atoms with Gasteiger partial charge in [0.05, 0.1) is 16.4 Å². The zero-order valence-electron chi connectivity index (χ0n) is 11.4. The predicted molar refractivity (Wildman–Crippen MR) is 89.6 cm³/mol. The van der Waals surface area contributed by atoms with Gasteiger partial charge in [0.25, 0.3) is 0 Å². The maximum atomic E-state index is 6.24. The van der Waals surface area contributed by atoms with E-state index in [2.05, 4.69) is 24.3 Å². The summed E-state index contributed by atoms with van der Waals surface area (Å²) in [5, 5.41) is 0.655. The van der Waals surface area contributed by atoms with Crippen LogP contribution in [0.1, 0.15) is 11.1 Å². The third-order valence-corrected chi connectivity index (χ3v) is 3.50.